The van der Waals surface area contributed by atoms with Crippen molar-refractivity contribution >= 4 is 11.9 Å². The van der Waals surface area contributed by atoms with E-state index < -0.39 is 0 Å². The molecule has 0 radical (unpaired) electrons. The molecule has 0 aromatic heterocycles. The summed E-state index contributed by atoms with van der Waals surface area (Å²) in [5.41, 5.74) is 4.62. The summed E-state index contributed by atoms with van der Waals surface area (Å²) in [5, 5.41) is 0. The molecule has 1 heterocycles. The molecule has 0 aliphatic carbocycles. The standard InChI is InChI=1S/C15H13NO/c1-17-14-8-7-12(11-5-3-2-4-6-11)15-13(14)9-10-16-15/h2-8,10H,9H2,1H3. The third kappa shape index (κ3) is 1.62. The number of nitrogens with zero attached hydrogens (tertiary/aromatic N) is 1. The molecule has 0 saturated carbocycles. The zero-order chi connectivity index (χ0) is 11.7. The average molecular weight is 223 g/mol. The molecule has 1 aliphatic heterocycles. The first-order valence-corrected chi connectivity index (χ1v) is 5.68. The molecule has 1 aliphatic rings. The highest BCUT2D eigenvalue weighted by molar-refractivity contribution is 5.88. The van der Waals surface area contributed by atoms with E-state index in [1.165, 1.54) is 16.7 Å². The predicted molar refractivity (Wildman–Crippen MR) is 70.3 cm³/mol. The van der Waals surface area contributed by atoms with Crippen molar-refractivity contribution < 1.29 is 4.74 Å². The van der Waals surface area contributed by atoms with E-state index in [0.29, 0.717) is 0 Å². The van der Waals surface area contributed by atoms with E-state index in [-0.39, 0.29) is 0 Å². The molecule has 17 heavy (non-hydrogen) atoms. The Hall–Kier alpha value is -2.09. The van der Waals surface area contributed by atoms with E-state index in [9.17, 15) is 0 Å². The predicted octanol–water partition coefficient (Wildman–Crippen LogP) is 3.62. The van der Waals surface area contributed by atoms with E-state index >= 15 is 0 Å². The minimum Gasteiger partial charge on any atom is -0.496 e. The molecule has 0 atom stereocenters. The monoisotopic (exact) mass is 223 g/mol. The van der Waals surface area contributed by atoms with Gasteiger partial charge in [0.25, 0.3) is 0 Å². The molecule has 0 amide bonds. The molecule has 0 bridgehead atoms. The normalized spacial score (nSPS) is 12.5. The minimum atomic E-state index is 0.860. The number of benzene rings is 2. The molecule has 3 rings (SSSR count). The van der Waals surface area contributed by atoms with Crippen LogP contribution in [0.2, 0.25) is 0 Å². The maximum atomic E-state index is 5.37. The van der Waals surface area contributed by atoms with E-state index in [1.54, 1.807) is 7.11 Å². The molecular weight excluding hydrogens is 210 g/mol. The largest absolute Gasteiger partial charge is 0.496 e. The summed E-state index contributed by atoms with van der Waals surface area (Å²) in [5.74, 6) is 0.928. The lowest BCUT2D eigenvalue weighted by Gasteiger charge is -2.10. The van der Waals surface area contributed by atoms with Gasteiger partial charge in [-0.3, -0.25) is 4.99 Å². The van der Waals surface area contributed by atoms with Crippen LogP contribution in [0, 0.1) is 0 Å². The number of aliphatic imine (C=N–C) groups is 1. The van der Waals surface area contributed by atoms with Crippen molar-refractivity contribution in [3.8, 4) is 16.9 Å². The highest BCUT2D eigenvalue weighted by Gasteiger charge is 2.17. The van der Waals surface area contributed by atoms with Crippen molar-refractivity contribution in [2.45, 2.75) is 6.42 Å². The number of hydrogen-bond donors (Lipinski definition) is 0. The van der Waals surface area contributed by atoms with Crippen LogP contribution in [-0.4, -0.2) is 13.3 Å². The van der Waals surface area contributed by atoms with Crippen molar-refractivity contribution in [1.82, 2.24) is 0 Å². The molecule has 0 N–H and O–H groups in total. The summed E-state index contributed by atoms with van der Waals surface area (Å²) in [4.78, 5) is 4.48. The first-order valence-electron chi connectivity index (χ1n) is 5.68. The summed E-state index contributed by atoms with van der Waals surface area (Å²) < 4.78 is 5.37. The second kappa shape index (κ2) is 4.06. The minimum absolute atomic E-state index is 0.860. The Kier molecular flexibility index (Phi) is 2.41. The van der Waals surface area contributed by atoms with Crippen molar-refractivity contribution in [2.24, 2.45) is 4.99 Å². The Morgan fingerprint density at radius 3 is 2.65 bits per heavy atom. The van der Waals surface area contributed by atoms with E-state index in [0.717, 1.165) is 17.9 Å². The molecule has 2 aromatic rings. The zero-order valence-corrected chi connectivity index (χ0v) is 9.68. The fourth-order valence-electron chi connectivity index (χ4n) is 2.23. The van der Waals surface area contributed by atoms with Crippen LogP contribution < -0.4 is 4.74 Å². The van der Waals surface area contributed by atoms with Crippen molar-refractivity contribution in [1.29, 1.82) is 0 Å². The zero-order valence-electron chi connectivity index (χ0n) is 9.68. The Morgan fingerprint density at radius 2 is 1.88 bits per heavy atom. The maximum absolute atomic E-state index is 5.37. The first-order chi connectivity index (χ1) is 8.40. The Balaban J connectivity index is 2.20. The van der Waals surface area contributed by atoms with Gasteiger partial charge in [0.2, 0.25) is 0 Å². The lowest BCUT2D eigenvalue weighted by molar-refractivity contribution is 0.411. The van der Waals surface area contributed by atoms with E-state index in [2.05, 4.69) is 23.2 Å². The molecule has 0 unspecified atom stereocenters. The maximum Gasteiger partial charge on any atom is 0.124 e. The number of rotatable bonds is 2. The van der Waals surface area contributed by atoms with Crippen LogP contribution in [-0.2, 0) is 6.42 Å². The summed E-state index contributed by atoms with van der Waals surface area (Å²) in [6.07, 6.45) is 2.80. The molecule has 2 nitrogen and oxygen atoms in total. The SMILES string of the molecule is COc1ccc(-c2ccccc2)c2c1CC=N2. The average Bonchev–Trinajstić information content (AvgIpc) is 2.88. The molecule has 2 aromatic carbocycles. The summed E-state index contributed by atoms with van der Waals surface area (Å²) in [6.45, 7) is 0. The fraction of sp³-hybridized carbons (Fsp3) is 0.133. The van der Waals surface area contributed by atoms with Gasteiger partial charge in [-0.25, -0.2) is 0 Å². The highest BCUT2D eigenvalue weighted by Crippen LogP contribution is 2.40. The fourth-order valence-corrected chi connectivity index (χ4v) is 2.23. The third-order valence-electron chi connectivity index (χ3n) is 3.06. The first kappa shape index (κ1) is 10.1. The van der Waals surface area contributed by atoms with Gasteiger partial charge in [0.1, 0.15) is 5.75 Å². The Labute approximate surface area is 101 Å². The van der Waals surface area contributed by atoms with Gasteiger partial charge in [-0.1, -0.05) is 30.3 Å². The molecule has 0 saturated heterocycles. The molecule has 0 spiro atoms. The quantitative estimate of drug-likeness (QED) is 0.762. The van der Waals surface area contributed by atoms with Crippen LogP contribution in [0.5, 0.6) is 5.75 Å². The van der Waals surface area contributed by atoms with Crippen LogP contribution >= 0.6 is 0 Å². The van der Waals surface area contributed by atoms with Gasteiger partial charge in [-0.15, -0.1) is 0 Å². The van der Waals surface area contributed by atoms with E-state index in [1.807, 2.05) is 30.5 Å². The van der Waals surface area contributed by atoms with Gasteiger partial charge in [-0.05, 0) is 17.7 Å². The van der Waals surface area contributed by atoms with Crippen molar-refractivity contribution in [3.05, 3.63) is 48.0 Å². The van der Waals surface area contributed by atoms with Crippen molar-refractivity contribution in [3.63, 3.8) is 0 Å². The third-order valence-corrected chi connectivity index (χ3v) is 3.06. The summed E-state index contributed by atoms with van der Waals surface area (Å²) in [7, 11) is 1.70. The van der Waals surface area contributed by atoms with Crippen LogP contribution in [0.4, 0.5) is 5.69 Å². The number of ether oxygens (including phenoxy) is 1. The van der Waals surface area contributed by atoms with Gasteiger partial charge < -0.3 is 4.74 Å². The molecular formula is C15H13NO. The number of hydrogen-bond acceptors (Lipinski definition) is 2. The molecule has 2 heteroatoms. The summed E-state index contributed by atoms with van der Waals surface area (Å²) in [6, 6.07) is 14.4. The van der Waals surface area contributed by atoms with E-state index in [4.69, 9.17) is 4.74 Å². The lowest BCUT2D eigenvalue weighted by Crippen LogP contribution is -1.91. The topological polar surface area (TPSA) is 21.6 Å². The van der Waals surface area contributed by atoms with Gasteiger partial charge in [-0.2, -0.15) is 0 Å². The Morgan fingerprint density at radius 1 is 1.06 bits per heavy atom. The van der Waals surface area contributed by atoms with Gasteiger partial charge in [0, 0.05) is 23.8 Å². The van der Waals surface area contributed by atoms with Crippen LogP contribution in [0.1, 0.15) is 5.56 Å². The second-order valence-corrected chi connectivity index (χ2v) is 4.02. The van der Waals surface area contributed by atoms with Crippen LogP contribution in [0.15, 0.2) is 47.5 Å². The Bertz CT molecular complexity index is 573. The van der Waals surface area contributed by atoms with Gasteiger partial charge >= 0.3 is 0 Å². The van der Waals surface area contributed by atoms with Crippen molar-refractivity contribution in [2.75, 3.05) is 7.11 Å². The highest BCUT2D eigenvalue weighted by atomic mass is 16.5. The second-order valence-electron chi connectivity index (χ2n) is 4.02. The molecule has 84 valence electrons. The van der Waals surface area contributed by atoms with Gasteiger partial charge in [0.05, 0.1) is 12.8 Å². The molecule has 0 fully saturated rings. The number of fused-ring (bicyclic) bond motifs is 1. The summed E-state index contributed by atoms with van der Waals surface area (Å²) >= 11 is 0. The smallest absolute Gasteiger partial charge is 0.124 e. The lowest BCUT2D eigenvalue weighted by atomic mass is 9.99. The number of methoxy groups -OCH3 is 1. The van der Waals surface area contributed by atoms with Crippen LogP contribution in [0.3, 0.4) is 0 Å². The van der Waals surface area contributed by atoms with Crippen LogP contribution in [0.25, 0.3) is 11.1 Å². The van der Waals surface area contributed by atoms with Gasteiger partial charge in [0.15, 0.2) is 0 Å².